The van der Waals surface area contributed by atoms with Gasteiger partial charge in [0.05, 0.1) is 25.2 Å². The quantitative estimate of drug-likeness (QED) is 0.890. The van der Waals surface area contributed by atoms with Crippen molar-refractivity contribution in [2.75, 3.05) is 13.7 Å². The van der Waals surface area contributed by atoms with E-state index in [0.717, 1.165) is 5.69 Å². The number of nitriles is 1. The predicted octanol–water partition coefficient (Wildman–Crippen LogP) is 2.32. The summed E-state index contributed by atoms with van der Waals surface area (Å²) in [6.45, 7) is 4.18. The maximum absolute atomic E-state index is 13.0. The minimum Gasteiger partial charge on any atom is -0.493 e. The molecule has 0 amide bonds. The Hall–Kier alpha value is -3.40. The molecule has 1 aliphatic heterocycles. The summed E-state index contributed by atoms with van der Waals surface area (Å²) in [7, 11) is 3.22. The van der Waals surface area contributed by atoms with Gasteiger partial charge in [0.1, 0.15) is 17.4 Å². The number of nitrogens with two attached hydrogens (primary N) is 1. The molecule has 1 aromatic carbocycles. The Bertz CT molecular complexity index is 1030. The van der Waals surface area contributed by atoms with Crippen molar-refractivity contribution in [3.8, 4) is 23.3 Å². The van der Waals surface area contributed by atoms with Gasteiger partial charge in [-0.2, -0.15) is 5.26 Å². The number of hydrogen-bond donors (Lipinski definition) is 1. The number of fused-ring (bicyclic) bond motifs is 1. The number of aryl methyl sites for hydroxylation is 1. The van der Waals surface area contributed by atoms with E-state index in [1.165, 1.54) is 11.7 Å². The minimum absolute atomic E-state index is 0.00416. The number of pyridine rings is 1. The Morgan fingerprint density at radius 1 is 1.33 bits per heavy atom. The summed E-state index contributed by atoms with van der Waals surface area (Å²) in [6.07, 6.45) is 0. The Kier molecular flexibility index (Phi) is 4.82. The van der Waals surface area contributed by atoms with E-state index in [4.69, 9.17) is 19.9 Å². The zero-order chi connectivity index (χ0) is 19.7. The van der Waals surface area contributed by atoms with Gasteiger partial charge >= 0.3 is 0 Å². The Morgan fingerprint density at radius 3 is 2.70 bits per heavy atom. The van der Waals surface area contributed by atoms with Crippen molar-refractivity contribution in [3.05, 3.63) is 62.9 Å². The molecule has 140 valence electrons. The Balaban J connectivity index is 2.27. The van der Waals surface area contributed by atoms with E-state index in [9.17, 15) is 10.1 Å². The van der Waals surface area contributed by atoms with Crippen LogP contribution in [0.3, 0.4) is 0 Å². The lowest BCUT2D eigenvalue weighted by atomic mass is 9.84. The SMILES string of the molecule is CCOc1ccc([C@H]2C(C#N)=C(N)Oc3cc(C)n(C)c(=O)c32)cc1OC. The first-order valence-electron chi connectivity index (χ1n) is 8.51. The van der Waals surface area contributed by atoms with Gasteiger partial charge in [0, 0.05) is 18.8 Å². The normalized spacial score (nSPS) is 15.6. The van der Waals surface area contributed by atoms with Crippen LogP contribution < -0.4 is 25.5 Å². The molecule has 0 spiro atoms. The lowest BCUT2D eigenvalue weighted by Crippen LogP contribution is -2.31. The Morgan fingerprint density at radius 2 is 2.07 bits per heavy atom. The predicted molar refractivity (Wildman–Crippen MR) is 99.9 cm³/mol. The van der Waals surface area contributed by atoms with Crippen LogP contribution in [0.25, 0.3) is 0 Å². The molecule has 0 unspecified atom stereocenters. The second kappa shape index (κ2) is 7.08. The zero-order valence-corrected chi connectivity index (χ0v) is 15.7. The summed E-state index contributed by atoms with van der Waals surface area (Å²) >= 11 is 0. The fourth-order valence-corrected chi connectivity index (χ4v) is 3.21. The third-order valence-corrected chi connectivity index (χ3v) is 4.67. The van der Waals surface area contributed by atoms with E-state index in [1.54, 1.807) is 38.2 Å². The van der Waals surface area contributed by atoms with Crippen molar-refractivity contribution in [3.63, 3.8) is 0 Å². The minimum atomic E-state index is -0.650. The van der Waals surface area contributed by atoms with Gasteiger partial charge in [-0.15, -0.1) is 0 Å². The topological polar surface area (TPSA) is 99.5 Å². The first-order valence-corrected chi connectivity index (χ1v) is 8.51. The van der Waals surface area contributed by atoms with Crippen LogP contribution in [0.1, 0.15) is 29.7 Å². The van der Waals surface area contributed by atoms with E-state index in [2.05, 4.69) is 6.07 Å². The van der Waals surface area contributed by atoms with Crippen LogP contribution in [-0.2, 0) is 7.05 Å². The van der Waals surface area contributed by atoms with E-state index in [-0.39, 0.29) is 17.0 Å². The van der Waals surface area contributed by atoms with Gasteiger partial charge in [0.2, 0.25) is 5.88 Å². The maximum atomic E-state index is 13.0. The smallest absolute Gasteiger partial charge is 0.258 e. The molecule has 1 atom stereocenters. The molecule has 27 heavy (non-hydrogen) atoms. The van der Waals surface area contributed by atoms with Crippen molar-refractivity contribution in [1.29, 1.82) is 5.26 Å². The molecule has 3 rings (SSSR count). The number of nitrogens with zero attached hydrogens (tertiary/aromatic N) is 2. The van der Waals surface area contributed by atoms with E-state index < -0.39 is 5.92 Å². The van der Waals surface area contributed by atoms with Gasteiger partial charge < -0.3 is 24.5 Å². The van der Waals surface area contributed by atoms with Crippen LogP contribution in [0.2, 0.25) is 0 Å². The molecular weight excluding hydrogens is 346 g/mol. The first kappa shape index (κ1) is 18.4. The fraction of sp³-hybridized carbons (Fsp3) is 0.300. The molecule has 7 heteroatoms. The molecular formula is C20H21N3O4. The second-order valence-electron chi connectivity index (χ2n) is 6.20. The van der Waals surface area contributed by atoms with E-state index in [0.29, 0.717) is 35.0 Å². The van der Waals surface area contributed by atoms with Crippen LogP contribution in [0.4, 0.5) is 0 Å². The summed E-state index contributed by atoms with van der Waals surface area (Å²) < 4.78 is 18.1. The largest absolute Gasteiger partial charge is 0.493 e. The third kappa shape index (κ3) is 2.99. The van der Waals surface area contributed by atoms with Crippen LogP contribution in [0.5, 0.6) is 17.2 Å². The highest BCUT2D eigenvalue weighted by atomic mass is 16.5. The molecule has 2 heterocycles. The number of rotatable bonds is 4. The molecule has 0 aliphatic carbocycles. The number of hydrogen-bond acceptors (Lipinski definition) is 6. The number of ether oxygens (including phenoxy) is 3. The van der Waals surface area contributed by atoms with Crippen molar-refractivity contribution in [2.45, 2.75) is 19.8 Å². The molecule has 1 aliphatic rings. The van der Waals surface area contributed by atoms with Crippen molar-refractivity contribution in [1.82, 2.24) is 4.57 Å². The van der Waals surface area contributed by atoms with Crippen LogP contribution in [-0.4, -0.2) is 18.3 Å². The van der Waals surface area contributed by atoms with Gasteiger partial charge in [-0.05, 0) is 31.5 Å². The summed E-state index contributed by atoms with van der Waals surface area (Å²) in [6, 6.07) is 9.16. The van der Waals surface area contributed by atoms with Gasteiger partial charge in [-0.25, -0.2) is 0 Å². The molecule has 1 aromatic heterocycles. The van der Waals surface area contributed by atoms with Gasteiger partial charge in [-0.3, -0.25) is 4.79 Å². The number of aromatic nitrogens is 1. The summed E-state index contributed by atoms with van der Waals surface area (Å²) in [4.78, 5) is 13.0. The van der Waals surface area contributed by atoms with E-state index >= 15 is 0 Å². The summed E-state index contributed by atoms with van der Waals surface area (Å²) in [5, 5.41) is 9.67. The van der Waals surface area contributed by atoms with E-state index in [1.807, 2.05) is 6.92 Å². The average molecular weight is 367 g/mol. The molecule has 7 nitrogen and oxygen atoms in total. The summed E-state index contributed by atoms with van der Waals surface area (Å²) in [5.41, 5.74) is 7.75. The lowest BCUT2D eigenvalue weighted by molar-refractivity contribution is 0.310. The van der Waals surface area contributed by atoms with Crippen molar-refractivity contribution < 1.29 is 14.2 Å². The number of methoxy groups -OCH3 is 1. The van der Waals surface area contributed by atoms with Crippen molar-refractivity contribution >= 4 is 0 Å². The zero-order valence-electron chi connectivity index (χ0n) is 15.7. The van der Waals surface area contributed by atoms with Crippen LogP contribution in [0, 0.1) is 18.3 Å². The monoisotopic (exact) mass is 367 g/mol. The number of allylic oxidation sites excluding steroid dienone is 1. The third-order valence-electron chi connectivity index (χ3n) is 4.67. The maximum Gasteiger partial charge on any atom is 0.258 e. The Labute approximate surface area is 157 Å². The number of benzene rings is 1. The molecule has 2 N–H and O–H groups in total. The fourth-order valence-electron chi connectivity index (χ4n) is 3.21. The molecule has 0 fully saturated rings. The molecule has 0 bridgehead atoms. The summed E-state index contributed by atoms with van der Waals surface area (Å²) in [5.74, 6) is 0.813. The molecule has 0 saturated carbocycles. The van der Waals surface area contributed by atoms with Gasteiger partial charge in [0.25, 0.3) is 5.56 Å². The van der Waals surface area contributed by atoms with Gasteiger partial charge in [0.15, 0.2) is 11.5 Å². The highest BCUT2D eigenvalue weighted by Gasteiger charge is 2.34. The molecule has 0 radical (unpaired) electrons. The highest BCUT2D eigenvalue weighted by molar-refractivity contribution is 5.57. The van der Waals surface area contributed by atoms with Crippen LogP contribution in [0.15, 0.2) is 40.5 Å². The van der Waals surface area contributed by atoms with Gasteiger partial charge in [-0.1, -0.05) is 6.07 Å². The lowest BCUT2D eigenvalue weighted by Gasteiger charge is -2.27. The van der Waals surface area contributed by atoms with Crippen LogP contribution >= 0.6 is 0 Å². The van der Waals surface area contributed by atoms with Crippen molar-refractivity contribution in [2.24, 2.45) is 12.8 Å². The standard InChI is InChI=1S/C20H21N3O4/c1-5-26-14-7-6-12(9-15(14)25-4)17-13(10-21)19(22)27-16-8-11(2)23(3)20(24)18(16)17/h6-9,17H,5,22H2,1-4H3/t17-/m0/s1. The second-order valence-corrected chi connectivity index (χ2v) is 6.20. The highest BCUT2D eigenvalue weighted by Crippen LogP contribution is 2.42. The molecule has 2 aromatic rings. The first-order chi connectivity index (χ1) is 12.9. The average Bonchev–Trinajstić information content (AvgIpc) is 2.66. The molecule has 0 saturated heterocycles.